The van der Waals surface area contributed by atoms with Gasteiger partial charge in [-0.25, -0.2) is 0 Å². The Morgan fingerprint density at radius 3 is 2.66 bits per heavy atom. The zero-order valence-electron chi connectivity index (χ0n) is 19.9. The Kier molecular flexibility index (Phi) is 6.44. The van der Waals surface area contributed by atoms with Gasteiger partial charge in [0, 0.05) is 41.9 Å². The van der Waals surface area contributed by atoms with Crippen molar-refractivity contribution in [2.24, 2.45) is 0 Å². The van der Waals surface area contributed by atoms with Crippen LogP contribution in [0.1, 0.15) is 36.3 Å². The molecule has 2 aromatic carbocycles. The molecule has 5 aromatic rings. The van der Waals surface area contributed by atoms with Gasteiger partial charge < -0.3 is 9.72 Å². The number of benzene rings is 2. The third-order valence-electron chi connectivity index (χ3n) is 6.14. The summed E-state index contributed by atoms with van der Waals surface area (Å²) in [6, 6.07) is 15.3. The number of nitrogens with one attached hydrogen (secondary N) is 1. The summed E-state index contributed by atoms with van der Waals surface area (Å²) < 4.78 is 8.98. The van der Waals surface area contributed by atoms with E-state index in [-0.39, 0.29) is 11.3 Å². The summed E-state index contributed by atoms with van der Waals surface area (Å²) >= 11 is 1.35. The number of hydrogen-bond donors (Lipinski definition) is 1. The lowest BCUT2D eigenvalue weighted by Crippen LogP contribution is -2.24. The number of nitrogens with zero attached hydrogens (tertiary/aromatic N) is 4. The molecule has 3 aromatic heterocycles. The van der Waals surface area contributed by atoms with E-state index in [0.717, 1.165) is 22.1 Å². The number of ketones is 1. The molecule has 8 nitrogen and oxygen atoms in total. The van der Waals surface area contributed by atoms with Gasteiger partial charge in [0.25, 0.3) is 5.56 Å². The molecule has 180 valence electrons. The number of carbonyl (C=O) groups excluding carboxylic acids is 1. The van der Waals surface area contributed by atoms with Crippen LogP contribution in [0.15, 0.2) is 58.5 Å². The zero-order valence-corrected chi connectivity index (χ0v) is 20.8. The third kappa shape index (κ3) is 4.15. The van der Waals surface area contributed by atoms with Crippen LogP contribution in [-0.2, 0) is 11.3 Å². The molecule has 35 heavy (non-hydrogen) atoms. The molecule has 9 heteroatoms. The number of aromatic nitrogens is 5. The first-order chi connectivity index (χ1) is 17.0. The minimum atomic E-state index is -0.405. The average Bonchev–Trinajstić information content (AvgIpc) is 3.43. The predicted octanol–water partition coefficient (Wildman–Crippen LogP) is 4.62. The van der Waals surface area contributed by atoms with Crippen molar-refractivity contribution >= 4 is 45.1 Å². The van der Waals surface area contributed by atoms with Crippen molar-refractivity contribution in [2.45, 2.75) is 44.1 Å². The van der Waals surface area contributed by atoms with E-state index in [4.69, 9.17) is 4.74 Å². The summed E-state index contributed by atoms with van der Waals surface area (Å²) in [6.45, 7) is 7.42. The Hall–Kier alpha value is -3.43. The number of Topliss-reactive ketones (excluding diaryl/α,β-unsaturated/α-hetero) is 1. The van der Waals surface area contributed by atoms with Crippen molar-refractivity contribution in [2.75, 3.05) is 13.2 Å². The number of fused-ring (bicyclic) bond motifs is 4. The van der Waals surface area contributed by atoms with E-state index in [9.17, 15) is 9.59 Å². The van der Waals surface area contributed by atoms with Crippen LogP contribution in [0.5, 0.6) is 0 Å². The van der Waals surface area contributed by atoms with Crippen LogP contribution in [0, 0.1) is 6.92 Å². The van der Waals surface area contributed by atoms with E-state index in [1.807, 2.05) is 73.7 Å². The van der Waals surface area contributed by atoms with E-state index in [1.54, 1.807) is 4.57 Å². The Morgan fingerprint density at radius 2 is 1.86 bits per heavy atom. The van der Waals surface area contributed by atoms with E-state index in [2.05, 4.69) is 15.2 Å². The fourth-order valence-corrected chi connectivity index (χ4v) is 5.40. The summed E-state index contributed by atoms with van der Waals surface area (Å²) in [7, 11) is 0. The van der Waals surface area contributed by atoms with Crippen LogP contribution >= 0.6 is 11.8 Å². The number of hydrogen-bond acceptors (Lipinski definition) is 6. The molecule has 0 fully saturated rings. The van der Waals surface area contributed by atoms with Crippen molar-refractivity contribution in [3.63, 3.8) is 0 Å². The van der Waals surface area contributed by atoms with E-state index < -0.39 is 5.25 Å². The lowest BCUT2D eigenvalue weighted by Gasteiger charge is -2.13. The van der Waals surface area contributed by atoms with Crippen LogP contribution in [-0.4, -0.2) is 48.4 Å². The van der Waals surface area contributed by atoms with E-state index in [1.165, 1.54) is 11.8 Å². The summed E-state index contributed by atoms with van der Waals surface area (Å²) in [4.78, 5) is 30.1. The van der Waals surface area contributed by atoms with Crippen LogP contribution in [0.3, 0.4) is 0 Å². The highest BCUT2D eigenvalue weighted by molar-refractivity contribution is 8.00. The van der Waals surface area contributed by atoms with Gasteiger partial charge in [0.05, 0.1) is 16.2 Å². The van der Waals surface area contributed by atoms with E-state index >= 15 is 0 Å². The molecule has 0 amide bonds. The number of ether oxygens (including phenoxy) is 1. The molecule has 0 spiro atoms. The molecule has 1 atom stereocenters. The maximum Gasteiger partial charge on any atom is 0.262 e. The first kappa shape index (κ1) is 23.3. The molecule has 0 bridgehead atoms. The molecule has 0 aliphatic rings. The summed E-state index contributed by atoms with van der Waals surface area (Å²) in [5.74, 6) is 0.492. The molecule has 3 heterocycles. The van der Waals surface area contributed by atoms with Crippen molar-refractivity contribution in [3.05, 3.63) is 70.1 Å². The van der Waals surface area contributed by atoms with Crippen molar-refractivity contribution < 1.29 is 9.53 Å². The zero-order chi connectivity index (χ0) is 24.5. The van der Waals surface area contributed by atoms with Gasteiger partial charge in [0.2, 0.25) is 5.78 Å². The van der Waals surface area contributed by atoms with Crippen molar-refractivity contribution in [1.29, 1.82) is 0 Å². The summed E-state index contributed by atoms with van der Waals surface area (Å²) in [5.41, 5.74) is 3.12. The molecular formula is C26H27N5O3S. The molecule has 0 aliphatic carbocycles. The highest BCUT2D eigenvalue weighted by Crippen LogP contribution is 2.30. The predicted molar refractivity (Wildman–Crippen MR) is 139 cm³/mol. The second-order valence-corrected chi connectivity index (χ2v) is 9.75. The number of H-pyrrole nitrogens is 1. The fourth-order valence-electron chi connectivity index (χ4n) is 4.49. The quantitative estimate of drug-likeness (QED) is 0.184. The second kappa shape index (κ2) is 9.67. The maximum absolute atomic E-state index is 13.5. The van der Waals surface area contributed by atoms with Crippen LogP contribution < -0.4 is 5.56 Å². The monoisotopic (exact) mass is 489 g/mol. The largest absolute Gasteiger partial charge is 0.382 e. The van der Waals surface area contributed by atoms with Crippen molar-refractivity contribution in [3.8, 4) is 0 Å². The SMILES string of the molecule is CCOCCCn1c(=O)c2ccccc2n2c(SC(C)C(=O)c3c(C)[nH]c4ccccc34)nnc12. The Labute approximate surface area is 206 Å². The molecule has 0 radical (unpaired) electrons. The number of thioether (sulfide) groups is 1. The second-order valence-electron chi connectivity index (χ2n) is 8.44. The molecule has 1 N–H and O–H groups in total. The summed E-state index contributed by atoms with van der Waals surface area (Å²) in [5, 5.41) is 10.5. The molecule has 5 rings (SSSR count). The molecule has 0 aliphatic heterocycles. The number of aromatic amines is 1. The third-order valence-corrected chi connectivity index (χ3v) is 7.19. The number of para-hydroxylation sites is 2. The van der Waals surface area contributed by atoms with Gasteiger partial charge in [-0.05, 0) is 45.4 Å². The van der Waals surface area contributed by atoms with Crippen LogP contribution in [0.25, 0.3) is 27.6 Å². The normalized spacial score (nSPS) is 12.7. The minimum Gasteiger partial charge on any atom is -0.382 e. The smallest absolute Gasteiger partial charge is 0.262 e. The summed E-state index contributed by atoms with van der Waals surface area (Å²) in [6.07, 6.45) is 0.686. The molecule has 1 unspecified atom stereocenters. The van der Waals surface area contributed by atoms with Gasteiger partial charge in [-0.3, -0.25) is 18.6 Å². The molecule has 0 saturated carbocycles. The first-order valence-electron chi connectivity index (χ1n) is 11.7. The van der Waals surface area contributed by atoms with Gasteiger partial charge in [0.1, 0.15) is 0 Å². The Bertz CT molecular complexity index is 1600. The fraction of sp³-hybridized carbons (Fsp3) is 0.308. The number of carbonyl (C=O) groups is 1. The molecular weight excluding hydrogens is 462 g/mol. The average molecular weight is 490 g/mol. The van der Waals surface area contributed by atoms with Crippen LogP contribution in [0.4, 0.5) is 0 Å². The van der Waals surface area contributed by atoms with Gasteiger partial charge in [-0.1, -0.05) is 42.1 Å². The van der Waals surface area contributed by atoms with E-state index in [0.29, 0.717) is 48.1 Å². The van der Waals surface area contributed by atoms with Crippen molar-refractivity contribution in [1.82, 2.24) is 24.1 Å². The van der Waals surface area contributed by atoms with Crippen LogP contribution in [0.2, 0.25) is 0 Å². The Morgan fingerprint density at radius 1 is 1.11 bits per heavy atom. The lowest BCUT2D eigenvalue weighted by molar-refractivity contribution is 0.0995. The maximum atomic E-state index is 13.5. The first-order valence-corrected chi connectivity index (χ1v) is 12.6. The van der Waals surface area contributed by atoms with Gasteiger partial charge in [0.15, 0.2) is 10.9 Å². The topological polar surface area (TPSA) is 94.3 Å². The minimum absolute atomic E-state index is 0.0241. The lowest BCUT2D eigenvalue weighted by atomic mass is 10.1. The standard InChI is InChI=1S/C26H27N5O3S/c1-4-34-15-9-14-30-24(33)19-11-6-8-13-21(19)31-25(30)28-29-26(31)35-17(3)23(32)22-16(2)27-20-12-7-5-10-18(20)22/h5-8,10-13,17,27H,4,9,14-15H2,1-3H3. The van der Waals surface area contributed by atoms with Gasteiger partial charge >= 0.3 is 0 Å². The highest BCUT2D eigenvalue weighted by Gasteiger charge is 2.25. The van der Waals surface area contributed by atoms with Gasteiger partial charge in [-0.2, -0.15) is 0 Å². The number of aryl methyl sites for hydroxylation is 2. The highest BCUT2D eigenvalue weighted by atomic mass is 32.2. The number of rotatable bonds is 9. The Balaban J connectivity index is 1.54. The molecule has 0 saturated heterocycles. The van der Waals surface area contributed by atoms with Gasteiger partial charge in [-0.15, -0.1) is 10.2 Å².